The molecule has 0 spiro atoms. The Morgan fingerprint density at radius 2 is 2.14 bits per heavy atom. The molecule has 1 aromatic carbocycles. The number of aromatic nitrogens is 3. The van der Waals surface area contributed by atoms with Crippen molar-refractivity contribution < 1.29 is 4.74 Å². The van der Waals surface area contributed by atoms with E-state index in [9.17, 15) is 0 Å². The lowest BCUT2D eigenvalue weighted by Gasteiger charge is -2.25. The molecule has 1 aliphatic heterocycles. The number of nitrogens with zero attached hydrogens (tertiary/aromatic N) is 3. The molecule has 1 aromatic heterocycles. The minimum atomic E-state index is 0.374. The zero-order valence-electron chi connectivity index (χ0n) is 12.2. The van der Waals surface area contributed by atoms with Gasteiger partial charge in [0, 0.05) is 13.1 Å². The first-order valence-corrected chi connectivity index (χ1v) is 7.77. The van der Waals surface area contributed by atoms with Crippen molar-refractivity contribution in [3.63, 3.8) is 0 Å². The second-order valence-corrected chi connectivity index (χ2v) is 5.73. The van der Waals surface area contributed by atoms with Gasteiger partial charge in [-0.25, -0.2) is 0 Å². The molecule has 110 valence electrons. The lowest BCUT2D eigenvalue weighted by molar-refractivity contribution is 0.341. The standard InChI is InChI=1S/C16H20N4O/c1-2-21-13-6-4-3-5-12(13)15-18-19-16-14(11-7-8-11)17-9-10-20(15)16/h3-6,11,14,17H,2,7-10H2,1H3. The van der Waals surface area contributed by atoms with Crippen LogP contribution in [0.3, 0.4) is 0 Å². The molecule has 0 bridgehead atoms. The average Bonchev–Trinajstić information content (AvgIpc) is 3.27. The molecule has 21 heavy (non-hydrogen) atoms. The maximum atomic E-state index is 5.74. The Morgan fingerprint density at radius 3 is 2.95 bits per heavy atom. The van der Waals surface area contributed by atoms with Crippen molar-refractivity contribution >= 4 is 0 Å². The molecular formula is C16H20N4O. The van der Waals surface area contributed by atoms with Gasteiger partial charge < -0.3 is 14.6 Å². The minimum Gasteiger partial charge on any atom is -0.493 e. The fourth-order valence-electron chi connectivity index (χ4n) is 3.13. The summed E-state index contributed by atoms with van der Waals surface area (Å²) in [7, 11) is 0. The largest absolute Gasteiger partial charge is 0.493 e. The van der Waals surface area contributed by atoms with E-state index < -0.39 is 0 Å². The van der Waals surface area contributed by atoms with E-state index in [1.54, 1.807) is 0 Å². The Morgan fingerprint density at radius 1 is 1.29 bits per heavy atom. The van der Waals surface area contributed by atoms with E-state index in [1.165, 1.54) is 12.8 Å². The molecule has 2 aliphatic rings. The van der Waals surface area contributed by atoms with Gasteiger partial charge in [-0.15, -0.1) is 10.2 Å². The molecule has 5 nitrogen and oxygen atoms in total. The van der Waals surface area contributed by atoms with Crippen molar-refractivity contribution in [3.8, 4) is 17.1 Å². The van der Waals surface area contributed by atoms with Crippen LogP contribution in [0.15, 0.2) is 24.3 Å². The van der Waals surface area contributed by atoms with Crippen LogP contribution < -0.4 is 10.1 Å². The predicted octanol–water partition coefficient (Wildman–Crippen LogP) is 2.40. The fourth-order valence-corrected chi connectivity index (χ4v) is 3.13. The van der Waals surface area contributed by atoms with Crippen LogP contribution in [-0.2, 0) is 6.54 Å². The van der Waals surface area contributed by atoms with Gasteiger partial charge in [0.15, 0.2) is 11.6 Å². The second-order valence-electron chi connectivity index (χ2n) is 5.73. The van der Waals surface area contributed by atoms with Crippen LogP contribution >= 0.6 is 0 Å². The van der Waals surface area contributed by atoms with Crippen molar-refractivity contribution in [1.29, 1.82) is 0 Å². The third-order valence-electron chi connectivity index (χ3n) is 4.28. The quantitative estimate of drug-likeness (QED) is 0.936. The van der Waals surface area contributed by atoms with Gasteiger partial charge in [0.05, 0.1) is 18.2 Å². The van der Waals surface area contributed by atoms with Crippen LogP contribution in [0.1, 0.15) is 31.6 Å². The number of benzene rings is 1. The summed E-state index contributed by atoms with van der Waals surface area (Å²) in [5.74, 6) is 3.64. The molecule has 4 rings (SSSR count). The van der Waals surface area contributed by atoms with Crippen LogP contribution in [0.2, 0.25) is 0 Å². The van der Waals surface area contributed by atoms with Gasteiger partial charge in [0.25, 0.3) is 0 Å². The van der Waals surface area contributed by atoms with Gasteiger partial charge >= 0.3 is 0 Å². The Balaban J connectivity index is 1.76. The maximum absolute atomic E-state index is 5.74. The third-order valence-corrected chi connectivity index (χ3v) is 4.28. The zero-order valence-corrected chi connectivity index (χ0v) is 12.2. The van der Waals surface area contributed by atoms with Gasteiger partial charge in [-0.05, 0) is 37.8 Å². The molecule has 1 saturated carbocycles. The minimum absolute atomic E-state index is 0.374. The SMILES string of the molecule is CCOc1ccccc1-c1nnc2n1CCNC2C1CC1. The van der Waals surface area contributed by atoms with Gasteiger partial charge in [0.1, 0.15) is 5.75 Å². The first-order valence-electron chi connectivity index (χ1n) is 7.77. The zero-order chi connectivity index (χ0) is 14.2. The first kappa shape index (κ1) is 12.8. The number of fused-ring (bicyclic) bond motifs is 1. The summed E-state index contributed by atoms with van der Waals surface area (Å²) in [6.45, 7) is 4.56. The Bertz CT molecular complexity index is 647. The lowest BCUT2D eigenvalue weighted by atomic mass is 10.1. The molecular weight excluding hydrogens is 264 g/mol. The molecule has 5 heteroatoms. The van der Waals surface area contributed by atoms with Crippen molar-refractivity contribution in [2.45, 2.75) is 32.4 Å². The molecule has 0 radical (unpaired) electrons. The van der Waals surface area contributed by atoms with Crippen molar-refractivity contribution in [2.24, 2.45) is 5.92 Å². The normalized spacial score (nSPS) is 21.1. The summed E-state index contributed by atoms with van der Waals surface area (Å²) in [6, 6.07) is 8.46. The monoisotopic (exact) mass is 284 g/mol. The number of nitrogens with one attached hydrogen (secondary N) is 1. The molecule has 2 aromatic rings. The number of rotatable bonds is 4. The van der Waals surface area contributed by atoms with E-state index in [-0.39, 0.29) is 0 Å². The van der Waals surface area contributed by atoms with E-state index >= 15 is 0 Å². The van der Waals surface area contributed by atoms with Crippen molar-refractivity contribution in [2.75, 3.05) is 13.2 Å². The Hall–Kier alpha value is -1.88. The maximum Gasteiger partial charge on any atom is 0.167 e. The Labute approximate surface area is 124 Å². The predicted molar refractivity (Wildman–Crippen MR) is 80.1 cm³/mol. The summed E-state index contributed by atoms with van der Waals surface area (Å²) in [5, 5.41) is 12.5. The van der Waals surface area contributed by atoms with Crippen LogP contribution in [0.4, 0.5) is 0 Å². The van der Waals surface area contributed by atoms with Crippen LogP contribution in [0.5, 0.6) is 5.75 Å². The van der Waals surface area contributed by atoms with Crippen molar-refractivity contribution in [3.05, 3.63) is 30.1 Å². The van der Waals surface area contributed by atoms with Gasteiger partial charge in [-0.2, -0.15) is 0 Å². The highest BCUT2D eigenvalue weighted by Gasteiger charge is 2.37. The summed E-state index contributed by atoms with van der Waals surface area (Å²) >= 11 is 0. The van der Waals surface area contributed by atoms with E-state index in [2.05, 4.69) is 26.1 Å². The fraction of sp³-hybridized carbons (Fsp3) is 0.500. The van der Waals surface area contributed by atoms with Gasteiger partial charge in [-0.3, -0.25) is 0 Å². The third kappa shape index (κ3) is 2.21. The lowest BCUT2D eigenvalue weighted by Crippen LogP contribution is -2.35. The van der Waals surface area contributed by atoms with E-state index in [0.717, 1.165) is 42.0 Å². The summed E-state index contributed by atoms with van der Waals surface area (Å²) in [5.41, 5.74) is 1.04. The highest BCUT2D eigenvalue weighted by Crippen LogP contribution is 2.42. The molecule has 0 amide bonds. The van der Waals surface area contributed by atoms with Crippen LogP contribution in [0, 0.1) is 5.92 Å². The highest BCUT2D eigenvalue weighted by molar-refractivity contribution is 5.64. The Kier molecular flexibility index (Phi) is 3.15. The summed E-state index contributed by atoms with van der Waals surface area (Å²) in [4.78, 5) is 0. The second kappa shape index (κ2) is 5.15. The average molecular weight is 284 g/mol. The molecule has 0 saturated heterocycles. The number of hydrogen-bond donors (Lipinski definition) is 1. The molecule has 1 fully saturated rings. The number of hydrogen-bond acceptors (Lipinski definition) is 4. The van der Waals surface area contributed by atoms with Crippen LogP contribution in [0.25, 0.3) is 11.4 Å². The summed E-state index contributed by atoms with van der Waals surface area (Å²) in [6.07, 6.45) is 2.60. The molecule has 1 atom stereocenters. The molecule has 1 aliphatic carbocycles. The van der Waals surface area contributed by atoms with E-state index in [4.69, 9.17) is 4.74 Å². The van der Waals surface area contributed by atoms with Gasteiger partial charge in [-0.1, -0.05) is 12.1 Å². The first-order chi connectivity index (χ1) is 10.4. The number of para-hydroxylation sites is 1. The van der Waals surface area contributed by atoms with E-state index in [1.807, 2.05) is 25.1 Å². The topological polar surface area (TPSA) is 52.0 Å². The number of ether oxygens (including phenoxy) is 1. The molecule has 1 unspecified atom stereocenters. The molecule has 2 heterocycles. The van der Waals surface area contributed by atoms with Crippen LogP contribution in [-0.4, -0.2) is 27.9 Å². The summed E-state index contributed by atoms with van der Waals surface area (Å²) < 4.78 is 8.00. The smallest absolute Gasteiger partial charge is 0.167 e. The van der Waals surface area contributed by atoms with Crippen molar-refractivity contribution in [1.82, 2.24) is 20.1 Å². The molecule has 1 N–H and O–H groups in total. The van der Waals surface area contributed by atoms with Gasteiger partial charge in [0.2, 0.25) is 0 Å². The van der Waals surface area contributed by atoms with E-state index in [0.29, 0.717) is 12.6 Å². The highest BCUT2D eigenvalue weighted by atomic mass is 16.5.